The van der Waals surface area contributed by atoms with Crippen molar-refractivity contribution in [3.63, 3.8) is 0 Å². The lowest BCUT2D eigenvalue weighted by molar-refractivity contribution is -0.114. The minimum atomic E-state index is -0.198. The fraction of sp³-hybridized carbons (Fsp3) is 0.167. The van der Waals surface area contributed by atoms with Crippen molar-refractivity contribution >= 4 is 22.9 Å². The molecule has 0 aliphatic rings. The molecule has 0 fully saturated rings. The Balaban J connectivity index is 2.25. The molecule has 0 aliphatic carbocycles. The van der Waals surface area contributed by atoms with Gasteiger partial charge in [0, 0.05) is 16.6 Å². The summed E-state index contributed by atoms with van der Waals surface area (Å²) in [7, 11) is 0. The normalized spacial score (nSPS) is 10.2. The van der Waals surface area contributed by atoms with Crippen LogP contribution in [0.5, 0.6) is 0 Å². The number of hydrogen-bond donors (Lipinski definition) is 2. The minimum Gasteiger partial charge on any atom is -0.325 e. The second-order valence-electron chi connectivity index (χ2n) is 3.58. The molecule has 4 nitrogen and oxygen atoms in total. The van der Waals surface area contributed by atoms with Gasteiger partial charge in [-0.1, -0.05) is 12.1 Å². The van der Waals surface area contributed by atoms with Gasteiger partial charge >= 0.3 is 0 Å². The number of rotatable bonds is 3. The molecule has 0 unspecified atom stereocenters. The van der Waals surface area contributed by atoms with Gasteiger partial charge in [0.25, 0.3) is 0 Å². The molecule has 88 valence electrons. The molecule has 0 spiro atoms. The van der Waals surface area contributed by atoms with Gasteiger partial charge in [-0.25, -0.2) is 4.98 Å². The van der Waals surface area contributed by atoms with Crippen molar-refractivity contribution in [3.8, 4) is 11.3 Å². The highest BCUT2D eigenvalue weighted by Gasteiger charge is 2.04. The van der Waals surface area contributed by atoms with E-state index in [-0.39, 0.29) is 12.5 Å². The third-order valence-corrected chi connectivity index (χ3v) is 3.02. The zero-order valence-electron chi connectivity index (χ0n) is 9.43. The van der Waals surface area contributed by atoms with Gasteiger partial charge in [-0.15, -0.1) is 11.3 Å². The van der Waals surface area contributed by atoms with E-state index in [0.29, 0.717) is 0 Å². The number of aryl methyl sites for hydroxylation is 1. The van der Waals surface area contributed by atoms with Crippen LogP contribution in [0.25, 0.3) is 11.3 Å². The van der Waals surface area contributed by atoms with Gasteiger partial charge in [-0.2, -0.15) is 0 Å². The van der Waals surface area contributed by atoms with Gasteiger partial charge in [0.15, 0.2) is 0 Å². The molecule has 0 bridgehead atoms. The molecular weight excluding hydrogens is 234 g/mol. The van der Waals surface area contributed by atoms with Gasteiger partial charge in [0.2, 0.25) is 5.91 Å². The van der Waals surface area contributed by atoms with Crippen LogP contribution in [0, 0.1) is 6.92 Å². The number of anilines is 1. The van der Waals surface area contributed by atoms with Gasteiger partial charge in [-0.05, 0) is 19.1 Å². The van der Waals surface area contributed by atoms with Crippen LogP contribution in [-0.4, -0.2) is 17.4 Å². The maximum Gasteiger partial charge on any atom is 0.238 e. The fourth-order valence-corrected chi connectivity index (χ4v) is 2.09. The van der Waals surface area contributed by atoms with Crippen LogP contribution in [-0.2, 0) is 4.79 Å². The summed E-state index contributed by atoms with van der Waals surface area (Å²) >= 11 is 1.61. The highest BCUT2D eigenvalue weighted by Crippen LogP contribution is 2.23. The Kier molecular flexibility index (Phi) is 3.51. The molecule has 5 heteroatoms. The lowest BCUT2D eigenvalue weighted by Crippen LogP contribution is -2.21. The lowest BCUT2D eigenvalue weighted by Gasteiger charge is -2.04. The molecule has 1 amide bonds. The first-order chi connectivity index (χ1) is 8.19. The average Bonchev–Trinajstić information content (AvgIpc) is 2.76. The van der Waals surface area contributed by atoms with E-state index in [1.165, 1.54) is 0 Å². The van der Waals surface area contributed by atoms with Crippen LogP contribution in [0.15, 0.2) is 29.6 Å². The Morgan fingerprint density at radius 1 is 1.53 bits per heavy atom. The summed E-state index contributed by atoms with van der Waals surface area (Å²) in [5.74, 6) is -0.198. The van der Waals surface area contributed by atoms with Crippen LogP contribution in [0.1, 0.15) is 5.01 Å². The van der Waals surface area contributed by atoms with E-state index < -0.39 is 0 Å². The monoisotopic (exact) mass is 247 g/mol. The summed E-state index contributed by atoms with van der Waals surface area (Å²) in [6, 6.07) is 7.57. The Morgan fingerprint density at radius 3 is 3.00 bits per heavy atom. The van der Waals surface area contributed by atoms with Gasteiger partial charge in [0.1, 0.15) is 0 Å². The molecular formula is C12H13N3OS. The number of nitrogens with two attached hydrogens (primary N) is 1. The van der Waals surface area contributed by atoms with Crippen molar-refractivity contribution in [3.05, 3.63) is 34.7 Å². The molecule has 17 heavy (non-hydrogen) atoms. The summed E-state index contributed by atoms with van der Waals surface area (Å²) in [5.41, 5.74) is 7.91. The Hall–Kier alpha value is -1.72. The van der Waals surface area contributed by atoms with Gasteiger partial charge in [0.05, 0.1) is 17.2 Å². The van der Waals surface area contributed by atoms with E-state index in [0.717, 1.165) is 22.0 Å². The van der Waals surface area contributed by atoms with Crippen LogP contribution in [0.3, 0.4) is 0 Å². The summed E-state index contributed by atoms with van der Waals surface area (Å²) in [6.45, 7) is 1.95. The number of nitrogens with zero attached hydrogens (tertiary/aromatic N) is 1. The second-order valence-corrected chi connectivity index (χ2v) is 4.65. The fourth-order valence-electron chi connectivity index (χ4n) is 1.46. The first-order valence-electron chi connectivity index (χ1n) is 5.21. The molecule has 1 aromatic heterocycles. The summed E-state index contributed by atoms with van der Waals surface area (Å²) < 4.78 is 0. The number of thiazole rings is 1. The quantitative estimate of drug-likeness (QED) is 0.871. The topological polar surface area (TPSA) is 68.0 Å². The molecule has 1 aromatic carbocycles. The van der Waals surface area contributed by atoms with E-state index in [1.807, 2.05) is 36.6 Å². The van der Waals surface area contributed by atoms with E-state index in [9.17, 15) is 4.79 Å². The predicted octanol–water partition coefficient (Wildman–Crippen LogP) is 2.02. The van der Waals surface area contributed by atoms with E-state index in [2.05, 4.69) is 10.3 Å². The number of carbonyl (C=O) groups excluding carboxylic acids is 1. The second kappa shape index (κ2) is 5.07. The van der Waals surface area contributed by atoms with Crippen molar-refractivity contribution < 1.29 is 4.79 Å². The molecule has 0 atom stereocenters. The number of hydrogen-bond acceptors (Lipinski definition) is 4. The van der Waals surface area contributed by atoms with Crippen LogP contribution >= 0.6 is 11.3 Å². The summed E-state index contributed by atoms with van der Waals surface area (Å²) in [4.78, 5) is 15.6. The van der Waals surface area contributed by atoms with Gasteiger partial charge in [-0.3, -0.25) is 4.79 Å². The molecule has 0 radical (unpaired) electrons. The minimum absolute atomic E-state index is 0.0139. The number of benzene rings is 1. The number of nitrogens with one attached hydrogen (secondary N) is 1. The Labute approximate surface area is 103 Å². The SMILES string of the molecule is Cc1nc(-c2cccc(NC(=O)CN)c2)cs1. The van der Waals surface area contributed by atoms with E-state index in [1.54, 1.807) is 11.3 Å². The van der Waals surface area contributed by atoms with Crippen LogP contribution in [0.4, 0.5) is 5.69 Å². The maximum absolute atomic E-state index is 11.2. The first-order valence-corrected chi connectivity index (χ1v) is 6.09. The summed E-state index contributed by atoms with van der Waals surface area (Å²) in [6.07, 6.45) is 0. The Morgan fingerprint density at radius 2 is 2.35 bits per heavy atom. The first kappa shape index (κ1) is 11.8. The predicted molar refractivity (Wildman–Crippen MR) is 70.0 cm³/mol. The maximum atomic E-state index is 11.2. The number of carbonyl (C=O) groups is 1. The molecule has 2 rings (SSSR count). The number of amides is 1. The lowest BCUT2D eigenvalue weighted by atomic mass is 10.1. The molecule has 0 aliphatic heterocycles. The number of aromatic nitrogens is 1. The van der Waals surface area contributed by atoms with E-state index >= 15 is 0 Å². The summed E-state index contributed by atoms with van der Waals surface area (Å²) in [5, 5.41) is 5.74. The highest BCUT2D eigenvalue weighted by molar-refractivity contribution is 7.09. The van der Waals surface area contributed by atoms with Crippen LogP contribution < -0.4 is 11.1 Å². The van der Waals surface area contributed by atoms with E-state index in [4.69, 9.17) is 5.73 Å². The van der Waals surface area contributed by atoms with Crippen molar-refractivity contribution in [2.45, 2.75) is 6.92 Å². The smallest absolute Gasteiger partial charge is 0.238 e. The van der Waals surface area contributed by atoms with Crippen molar-refractivity contribution in [2.75, 3.05) is 11.9 Å². The zero-order chi connectivity index (χ0) is 12.3. The molecule has 0 saturated heterocycles. The van der Waals surface area contributed by atoms with Crippen molar-refractivity contribution in [2.24, 2.45) is 5.73 Å². The van der Waals surface area contributed by atoms with Crippen LogP contribution in [0.2, 0.25) is 0 Å². The molecule has 1 heterocycles. The highest BCUT2D eigenvalue weighted by atomic mass is 32.1. The van der Waals surface area contributed by atoms with Crippen molar-refractivity contribution in [1.29, 1.82) is 0 Å². The molecule has 3 N–H and O–H groups in total. The third kappa shape index (κ3) is 2.89. The van der Waals surface area contributed by atoms with Crippen molar-refractivity contribution in [1.82, 2.24) is 4.98 Å². The standard InChI is InChI=1S/C12H13N3OS/c1-8-14-11(7-17-8)9-3-2-4-10(5-9)15-12(16)6-13/h2-5,7H,6,13H2,1H3,(H,15,16). The average molecular weight is 247 g/mol. The molecule has 2 aromatic rings. The largest absolute Gasteiger partial charge is 0.325 e. The van der Waals surface area contributed by atoms with Gasteiger partial charge < -0.3 is 11.1 Å². The Bertz CT molecular complexity index is 536. The third-order valence-electron chi connectivity index (χ3n) is 2.25. The molecule has 0 saturated carbocycles. The zero-order valence-corrected chi connectivity index (χ0v) is 10.3.